The van der Waals surface area contributed by atoms with Crippen molar-refractivity contribution < 1.29 is 9.59 Å². The fourth-order valence-electron chi connectivity index (χ4n) is 5.23. The maximum atomic E-state index is 13.4. The topological polar surface area (TPSA) is 79.3 Å². The Hall–Kier alpha value is -3.45. The number of piperidine rings is 1. The first-order valence-corrected chi connectivity index (χ1v) is 13.6. The number of benzene rings is 2. The summed E-state index contributed by atoms with van der Waals surface area (Å²) in [6, 6.07) is 16.2. The summed E-state index contributed by atoms with van der Waals surface area (Å²) in [7, 11) is 0. The number of amides is 2. The normalized spacial score (nSPS) is 19.9. The molecule has 37 heavy (non-hydrogen) atoms. The van der Waals surface area contributed by atoms with E-state index in [0.29, 0.717) is 23.9 Å². The molecule has 7 heteroatoms. The second kappa shape index (κ2) is 11.7. The van der Waals surface area contributed by atoms with Crippen molar-refractivity contribution in [3.8, 4) is 5.69 Å². The smallest absolute Gasteiger partial charge is 0.251 e. The maximum absolute atomic E-state index is 13.4. The minimum absolute atomic E-state index is 0.0482. The predicted molar refractivity (Wildman–Crippen MR) is 145 cm³/mol. The first-order valence-electron chi connectivity index (χ1n) is 13.6. The molecular formula is C30H37N5O2. The van der Waals surface area contributed by atoms with Crippen LogP contribution in [0.3, 0.4) is 0 Å². The van der Waals surface area contributed by atoms with Crippen LogP contribution in [0.15, 0.2) is 67.3 Å². The van der Waals surface area contributed by atoms with Crippen LogP contribution in [0.5, 0.6) is 0 Å². The van der Waals surface area contributed by atoms with Gasteiger partial charge in [-0.2, -0.15) is 0 Å². The van der Waals surface area contributed by atoms with Crippen LogP contribution >= 0.6 is 0 Å². The van der Waals surface area contributed by atoms with Crippen LogP contribution in [0, 0.1) is 6.92 Å². The molecule has 3 aromatic rings. The third-order valence-corrected chi connectivity index (χ3v) is 7.58. The van der Waals surface area contributed by atoms with Gasteiger partial charge in [-0.3, -0.25) is 9.59 Å². The van der Waals surface area contributed by atoms with Crippen LogP contribution in [0.25, 0.3) is 5.69 Å². The lowest BCUT2D eigenvalue weighted by Gasteiger charge is -2.31. The summed E-state index contributed by atoms with van der Waals surface area (Å²) in [5, 5.41) is 6.70. The lowest BCUT2D eigenvalue weighted by atomic mass is 10.1. The number of rotatable bonds is 10. The Morgan fingerprint density at radius 1 is 1.03 bits per heavy atom. The summed E-state index contributed by atoms with van der Waals surface area (Å²) in [5.74, 6) is 0.422. The third kappa shape index (κ3) is 6.46. The van der Waals surface area contributed by atoms with Crippen molar-refractivity contribution in [2.75, 3.05) is 19.6 Å². The molecule has 7 nitrogen and oxygen atoms in total. The van der Waals surface area contributed by atoms with Crippen molar-refractivity contribution in [1.29, 1.82) is 0 Å². The predicted octanol–water partition coefficient (Wildman–Crippen LogP) is 4.22. The molecule has 1 saturated carbocycles. The van der Waals surface area contributed by atoms with Crippen LogP contribution in [-0.4, -0.2) is 58.0 Å². The van der Waals surface area contributed by atoms with Gasteiger partial charge in [-0.1, -0.05) is 29.8 Å². The van der Waals surface area contributed by atoms with Crippen molar-refractivity contribution in [2.45, 2.75) is 63.5 Å². The number of nitrogens with one attached hydrogen (secondary N) is 2. The van der Waals surface area contributed by atoms with E-state index in [-0.39, 0.29) is 11.8 Å². The van der Waals surface area contributed by atoms with E-state index in [2.05, 4.69) is 46.8 Å². The zero-order chi connectivity index (χ0) is 25.6. The third-order valence-electron chi connectivity index (χ3n) is 7.58. The van der Waals surface area contributed by atoms with Gasteiger partial charge < -0.3 is 20.1 Å². The average Bonchev–Trinajstić information content (AvgIpc) is 3.49. The van der Waals surface area contributed by atoms with Crippen LogP contribution < -0.4 is 10.6 Å². The molecule has 0 unspecified atom stereocenters. The van der Waals surface area contributed by atoms with Crippen molar-refractivity contribution in [3.05, 3.63) is 83.9 Å². The number of aryl methyl sites for hydroxylation is 1. The molecule has 2 heterocycles. The molecule has 1 aromatic heterocycles. The lowest BCUT2D eigenvalue weighted by molar-refractivity contribution is -0.134. The lowest BCUT2D eigenvalue weighted by Crippen LogP contribution is -2.50. The highest BCUT2D eigenvalue weighted by atomic mass is 16.2. The van der Waals surface area contributed by atoms with E-state index >= 15 is 0 Å². The maximum Gasteiger partial charge on any atom is 0.251 e. The molecule has 0 radical (unpaired) electrons. The Labute approximate surface area is 219 Å². The van der Waals surface area contributed by atoms with Gasteiger partial charge in [-0.15, -0.1) is 0 Å². The van der Waals surface area contributed by atoms with Crippen LogP contribution in [0.2, 0.25) is 0 Å². The minimum Gasteiger partial charge on any atom is -0.341 e. The molecule has 5 rings (SSSR count). The Morgan fingerprint density at radius 3 is 2.49 bits per heavy atom. The van der Waals surface area contributed by atoms with Crippen molar-refractivity contribution in [3.63, 3.8) is 0 Å². The number of imidazole rings is 1. The molecule has 2 amide bonds. The zero-order valence-corrected chi connectivity index (χ0v) is 21.6. The first kappa shape index (κ1) is 25.2. The summed E-state index contributed by atoms with van der Waals surface area (Å²) in [5.41, 5.74) is 4.17. The zero-order valence-electron chi connectivity index (χ0n) is 21.6. The summed E-state index contributed by atoms with van der Waals surface area (Å²) in [6.45, 7) is 4.52. The van der Waals surface area contributed by atoms with Gasteiger partial charge in [-0.25, -0.2) is 4.98 Å². The SMILES string of the molecule is Cc1ccc([C@@H]2C[C@H]2NCCC[C@H](NC(=O)c2ccc(-n3ccnc3)cc2)C(=O)N2CCCCC2)cc1. The molecule has 1 saturated heterocycles. The van der Waals surface area contributed by atoms with Crippen molar-refractivity contribution >= 4 is 11.8 Å². The highest BCUT2D eigenvalue weighted by molar-refractivity contribution is 5.97. The van der Waals surface area contributed by atoms with Gasteiger partial charge in [0.05, 0.1) is 6.33 Å². The number of hydrogen-bond acceptors (Lipinski definition) is 4. The quantitative estimate of drug-likeness (QED) is 0.410. The van der Waals surface area contributed by atoms with E-state index in [1.165, 1.54) is 11.1 Å². The second-order valence-corrected chi connectivity index (χ2v) is 10.4. The number of carbonyl (C=O) groups is 2. The first-order chi connectivity index (χ1) is 18.1. The highest BCUT2D eigenvalue weighted by Gasteiger charge is 2.37. The Bertz CT molecular complexity index is 1170. The van der Waals surface area contributed by atoms with Gasteiger partial charge in [0.25, 0.3) is 5.91 Å². The number of carbonyl (C=O) groups excluding carboxylic acids is 2. The summed E-state index contributed by atoms with van der Waals surface area (Å²) in [4.78, 5) is 32.5. The number of aromatic nitrogens is 2. The van der Waals surface area contributed by atoms with Crippen molar-refractivity contribution in [2.24, 2.45) is 0 Å². The Balaban J connectivity index is 1.16. The molecule has 3 atom stereocenters. The molecule has 194 valence electrons. The number of likely N-dealkylation sites (tertiary alicyclic amines) is 1. The van der Waals surface area contributed by atoms with Crippen LogP contribution in [0.1, 0.15) is 65.9 Å². The van der Waals surface area contributed by atoms with Crippen molar-refractivity contribution in [1.82, 2.24) is 25.1 Å². The molecule has 1 aliphatic carbocycles. The monoisotopic (exact) mass is 499 g/mol. The fourth-order valence-corrected chi connectivity index (χ4v) is 5.23. The fraction of sp³-hybridized carbons (Fsp3) is 0.433. The largest absolute Gasteiger partial charge is 0.341 e. The number of nitrogens with zero attached hydrogens (tertiary/aromatic N) is 3. The van der Waals surface area contributed by atoms with Crippen LogP contribution in [0.4, 0.5) is 0 Å². The van der Waals surface area contributed by atoms with Gasteiger partial charge in [-0.05, 0) is 81.8 Å². The van der Waals surface area contributed by atoms with E-state index in [9.17, 15) is 9.59 Å². The van der Waals surface area contributed by atoms with Crippen LogP contribution in [-0.2, 0) is 4.79 Å². The minimum atomic E-state index is -0.507. The molecule has 2 fully saturated rings. The molecule has 2 aliphatic rings. The van der Waals surface area contributed by atoms with Gasteiger partial charge in [0.2, 0.25) is 5.91 Å². The molecule has 2 N–H and O–H groups in total. The molecule has 1 aliphatic heterocycles. The number of hydrogen-bond donors (Lipinski definition) is 2. The average molecular weight is 500 g/mol. The van der Waals surface area contributed by atoms with Gasteiger partial charge in [0.15, 0.2) is 0 Å². The van der Waals surface area contributed by atoms with E-state index in [1.54, 1.807) is 24.7 Å². The summed E-state index contributed by atoms with van der Waals surface area (Å²) >= 11 is 0. The van der Waals surface area contributed by atoms with Gasteiger partial charge >= 0.3 is 0 Å². The Kier molecular flexibility index (Phi) is 7.99. The van der Waals surface area contributed by atoms with E-state index in [0.717, 1.165) is 57.4 Å². The van der Waals surface area contributed by atoms with E-state index < -0.39 is 6.04 Å². The Morgan fingerprint density at radius 2 is 1.78 bits per heavy atom. The van der Waals surface area contributed by atoms with Gasteiger partial charge in [0, 0.05) is 48.7 Å². The molecule has 0 spiro atoms. The van der Waals surface area contributed by atoms with Gasteiger partial charge in [0.1, 0.15) is 6.04 Å². The molecule has 0 bridgehead atoms. The molecule has 2 aromatic carbocycles. The summed E-state index contributed by atoms with van der Waals surface area (Å²) < 4.78 is 1.89. The highest BCUT2D eigenvalue weighted by Crippen LogP contribution is 2.40. The van der Waals surface area contributed by atoms with E-state index in [1.807, 2.05) is 27.8 Å². The molecular weight excluding hydrogens is 462 g/mol. The summed E-state index contributed by atoms with van der Waals surface area (Å²) in [6.07, 6.45) is 11.2. The second-order valence-electron chi connectivity index (χ2n) is 10.4. The van der Waals surface area contributed by atoms with E-state index in [4.69, 9.17) is 0 Å². The standard InChI is InChI=1S/C30H37N5O2/c1-22-7-9-23(10-8-22)26-20-28(26)32-15-5-6-27(30(37)34-17-3-2-4-18-34)33-29(36)24-11-13-25(14-12-24)35-19-16-31-21-35/h7-14,16,19,21,26-28,32H,2-6,15,17-18,20H2,1H3,(H,33,36)/t26-,27-,28+/m0/s1.